The number of sulfonamides is 1. The monoisotopic (exact) mass is 333 g/mol. The van der Waals surface area contributed by atoms with Gasteiger partial charge in [0.05, 0.1) is 17.7 Å². The number of ether oxygens (including phenoxy) is 1. The number of aromatic nitrogens is 1. The lowest BCUT2D eigenvalue weighted by molar-refractivity contribution is -0.00278. The van der Waals surface area contributed by atoms with Gasteiger partial charge in [0.2, 0.25) is 10.0 Å². The van der Waals surface area contributed by atoms with Crippen molar-refractivity contribution in [1.29, 1.82) is 0 Å². The summed E-state index contributed by atoms with van der Waals surface area (Å²) in [6, 6.07) is 1.44. The van der Waals surface area contributed by atoms with Crippen LogP contribution in [-0.2, 0) is 14.8 Å². The van der Waals surface area contributed by atoms with Crippen LogP contribution in [0.1, 0.15) is 20.3 Å². The minimum absolute atomic E-state index is 0.0574. The van der Waals surface area contributed by atoms with Crippen LogP contribution in [0.3, 0.4) is 0 Å². The van der Waals surface area contributed by atoms with Gasteiger partial charge in [0.25, 0.3) is 0 Å². The fourth-order valence-electron chi connectivity index (χ4n) is 2.17. The predicted molar refractivity (Wildman–Crippen MR) is 82.2 cm³/mol. The molecule has 0 saturated carbocycles. The van der Waals surface area contributed by atoms with E-state index in [-0.39, 0.29) is 11.0 Å². The van der Waals surface area contributed by atoms with E-state index in [1.807, 2.05) is 13.8 Å². The molecule has 1 aromatic heterocycles. The van der Waals surface area contributed by atoms with E-state index in [1.54, 1.807) is 0 Å². The predicted octanol–water partition coefficient (Wildman–Crippen LogP) is 1.97. The van der Waals surface area contributed by atoms with Crippen molar-refractivity contribution in [3.8, 4) is 0 Å². The van der Waals surface area contributed by atoms with Gasteiger partial charge in [0, 0.05) is 25.8 Å². The minimum Gasteiger partial charge on any atom is -0.375 e. The quantitative estimate of drug-likeness (QED) is 0.892. The molecule has 1 saturated heterocycles. The summed E-state index contributed by atoms with van der Waals surface area (Å²) in [5, 5.41) is 3.28. The average molecular weight is 334 g/mol. The van der Waals surface area contributed by atoms with Crippen molar-refractivity contribution in [3.05, 3.63) is 17.3 Å². The molecule has 1 aliphatic heterocycles. The molecule has 0 aromatic carbocycles. The van der Waals surface area contributed by atoms with E-state index in [2.05, 4.69) is 10.3 Å². The fourth-order valence-corrected chi connectivity index (χ4v) is 3.89. The summed E-state index contributed by atoms with van der Waals surface area (Å²) in [6.07, 6.45) is 2.07. The summed E-state index contributed by atoms with van der Waals surface area (Å²) in [7, 11) is -3.58. The number of anilines is 1. The smallest absolute Gasteiger partial charge is 0.244 e. The molecule has 1 unspecified atom stereocenters. The summed E-state index contributed by atoms with van der Waals surface area (Å²) in [6.45, 7) is 5.69. The highest BCUT2D eigenvalue weighted by molar-refractivity contribution is 7.89. The molecular weight excluding hydrogens is 314 g/mol. The summed E-state index contributed by atoms with van der Waals surface area (Å²) in [5.41, 5.74) is 0. The standard InChI is InChI=1S/C13H20ClN3O3S/c1-3-10-9-17(5-6-20-10)21(18,19)11-7-12(14)13(15-4-2)16-8-11/h7-8,10H,3-6,9H2,1-2H3,(H,15,16). The molecule has 1 aliphatic rings. The van der Waals surface area contributed by atoms with E-state index in [9.17, 15) is 8.42 Å². The number of hydrogen-bond donors (Lipinski definition) is 1. The Morgan fingerprint density at radius 3 is 2.90 bits per heavy atom. The maximum absolute atomic E-state index is 12.6. The van der Waals surface area contributed by atoms with Crippen LogP contribution in [0.25, 0.3) is 0 Å². The van der Waals surface area contributed by atoms with Gasteiger partial charge in [-0.1, -0.05) is 18.5 Å². The topological polar surface area (TPSA) is 71.5 Å². The number of pyridine rings is 1. The minimum atomic E-state index is -3.58. The van der Waals surface area contributed by atoms with Gasteiger partial charge in [0.15, 0.2) is 0 Å². The van der Waals surface area contributed by atoms with Gasteiger partial charge in [0.1, 0.15) is 10.7 Å². The summed E-state index contributed by atoms with van der Waals surface area (Å²) in [5.74, 6) is 0.492. The van der Waals surface area contributed by atoms with Crippen LogP contribution >= 0.6 is 11.6 Å². The first-order valence-electron chi connectivity index (χ1n) is 7.00. The molecule has 118 valence electrons. The molecule has 0 aliphatic carbocycles. The Hall–Kier alpha value is -0.890. The van der Waals surface area contributed by atoms with Crippen molar-refractivity contribution in [2.24, 2.45) is 0 Å². The largest absolute Gasteiger partial charge is 0.375 e. The second-order valence-corrected chi connectivity index (χ2v) is 7.14. The highest BCUT2D eigenvalue weighted by Gasteiger charge is 2.30. The zero-order valence-corrected chi connectivity index (χ0v) is 13.7. The molecule has 8 heteroatoms. The van der Waals surface area contributed by atoms with Gasteiger partial charge in [-0.3, -0.25) is 0 Å². The molecule has 2 rings (SSSR count). The van der Waals surface area contributed by atoms with Crippen molar-refractivity contribution in [3.63, 3.8) is 0 Å². The first-order chi connectivity index (χ1) is 9.98. The van der Waals surface area contributed by atoms with Gasteiger partial charge in [-0.15, -0.1) is 0 Å². The number of nitrogens with one attached hydrogen (secondary N) is 1. The summed E-state index contributed by atoms with van der Waals surface area (Å²) >= 11 is 6.08. The Bertz CT molecular complexity index is 594. The van der Waals surface area contributed by atoms with Crippen LogP contribution in [-0.4, -0.2) is 50.1 Å². The van der Waals surface area contributed by atoms with E-state index in [4.69, 9.17) is 16.3 Å². The van der Waals surface area contributed by atoms with Crippen LogP contribution in [0, 0.1) is 0 Å². The number of rotatable bonds is 5. The van der Waals surface area contributed by atoms with E-state index in [1.165, 1.54) is 16.6 Å². The van der Waals surface area contributed by atoms with Crippen LogP contribution in [0.2, 0.25) is 5.02 Å². The Balaban J connectivity index is 2.25. The SMILES string of the molecule is CCNc1ncc(S(=O)(=O)N2CCOC(CC)C2)cc1Cl. The third-order valence-corrected chi connectivity index (χ3v) is 5.47. The third kappa shape index (κ3) is 3.66. The van der Waals surface area contributed by atoms with E-state index in [0.717, 1.165) is 6.42 Å². The zero-order valence-electron chi connectivity index (χ0n) is 12.2. The van der Waals surface area contributed by atoms with Crippen LogP contribution in [0.4, 0.5) is 5.82 Å². The molecule has 1 aromatic rings. The Morgan fingerprint density at radius 2 is 2.29 bits per heavy atom. The van der Waals surface area contributed by atoms with Gasteiger partial charge in [-0.2, -0.15) is 4.31 Å². The number of halogens is 1. The second-order valence-electron chi connectivity index (χ2n) is 4.80. The lowest BCUT2D eigenvalue weighted by Gasteiger charge is -2.31. The van der Waals surface area contributed by atoms with Crippen molar-refractivity contribution in [2.75, 3.05) is 31.6 Å². The third-order valence-electron chi connectivity index (χ3n) is 3.35. The molecule has 0 radical (unpaired) electrons. The molecule has 1 atom stereocenters. The molecule has 2 heterocycles. The highest BCUT2D eigenvalue weighted by Crippen LogP contribution is 2.25. The molecule has 1 fully saturated rings. The fraction of sp³-hybridized carbons (Fsp3) is 0.615. The van der Waals surface area contributed by atoms with Crippen molar-refractivity contribution >= 4 is 27.4 Å². The van der Waals surface area contributed by atoms with Gasteiger partial charge in [-0.25, -0.2) is 13.4 Å². The number of nitrogens with zero attached hydrogens (tertiary/aromatic N) is 2. The van der Waals surface area contributed by atoms with Crippen molar-refractivity contribution in [2.45, 2.75) is 31.3 Å². The first kappa shape index (κ1) is 16.5. The maximum Gasteiger partial charge on any atom is 0.244 e. The molecule has 21 heavy (non-hydrogen) atoms. The van der Waals surface area contributed by atoms with Crippen molar-refractivity contribution in [1.82, 2.24) is 9.29 Å². The Kier molecular flexibility index (Phi) is 5.43. The molecule has 6 nitrogen and oxygen atoms in total. The van der Waals surface area contributed by atoms with Gasteiger partial charge in [-0.05, 0) is 19.4 Å². The van der Waals surface area contributed by atoms with E-state index >= 15 is 0 Å². The Labute approximate surface area is 130 Å². The molecule has 0 spiro atoms. The van der Waals surface area contributed by atoms with Crippen LogP contribution in [0.5, 0.6) is 0 Å². The summed E-state index contributed by atoms with van der Waals surface area (Å²) in [4.78, 5) is 4.20. The van der Waals surface area contributed by atoms with Crippen molar-refractivity contribution < 1.29 is 13.2 Å². The molecular formula is C13H20ClN3O3S. The normalized spacial score (nSPS) is 20.4. The van der Waals surface area contributed by atoms with Crippen LogP contribution < -0.4 is 5.32 Å². The Morgan fingerprint density at radius 1 is 1.52 bits per heavy atom. The lowest BCUT2D eigenvalue weighted by atomic mass is 10.2. The number of hydrogen-bond acceptors (Lipinski definition) is 5. The molecule has 1 N–H and O–H groups in total. The van der Waals surface area contributed by atoms with E-state index in [0.29, 0.717) is 37.1 Å². The second kappa shape index (κ2) is 6.91. The highest BCUT2D eigenvalue weighted by atomic mass is 35.5. The first-order valence-corrected chi connectivity index (χ1v) is 8.82. The number of morpholine rings is 1. The summed E-state index contributed by atoms with van der Waals surface area (Å²) < 4.78 is 32.2. The molecule has 0 bridgehead atoms. The zero-order chi connectivity index (χ0) is 15.5. The van der Waals surface area contributed by atoms with Gasteiger partial charge < -0.3 is 10.1 Å². The van der Waals surface area contributed by atoms with Crippen LogP contribution in [0.15, 0.2) is 17.2 Å². The van der Waals surface area contributed by atoms with E-state index < -0.39 is 10.0 Å². The lowest BCUT2D eigenvalue weighted by Crippen LogP contribution is -2.45. The maximum atomic E-state index is 12.6. The van der Waals surface area contributed by atoms with Gasteiger partial charge >= 0.3 is 0 Å². The molecule has 0 amide bonds. The average Bonchev–Trinajstić information content (AvgIpc) is 2.49.